The van der Waals surface area contributed by atoms with Crippen molar-refractivity contribution < 1.29 is 0 Å². The normalized spacial score (nSPS) is 12.5. The van der Waals surface area contributed by atoms with Gasteiger partial charge in [0.05, 0.1) is 3.42 Å². The van der Waals surface area contributed by atoms with E-state index >= 15 is 0 Å². The number of aromatic nitrogens is 2. The van der Waals surface area contributed by atoms with Gasteiger partial charge in [-0.3, -0.25) is 0 Å². The van der Waals surface area contributed by atoms with Crippen molar-refractivity contribution in [2.45, 2.75) is 34.5 Å². The van der Waals surface area contributed by atoms with Gasteiger partial charge in [-0.25, -0.2) is 9.97 Å². The first-order chi connectivity index (χ1) is 9.18. The van der Waals surface area contributed by atoms with Crippen LogP contribution >= 0.6 is 45.2 Å². The van der Waals surface area contributed by atoms with Crippen LogP contribution in [0.25, 0.3) is 11.1 Å². The zero-order valence-corrected chi connectivity index (χ0v) is 16.4. The maximum absolute atomic E-state index is 4.48. The Labute approximate surface area is 148 Å². The second-order valence-corrected chi connectivity index (χ2v) is 11.2. The molecule has 0 amide bonds. The highest BCUT2D eigenvalue weighted by molar-refractivity contribution is 14.1. The van der Waals surface area contributed by atoms with Gasteiger partial charge in [0.2, 0.25) is 0 Å². The minimum atomic E-state index is -0.0363. The fourth-order valence-corrected chi connectivity index (χ4v) is 2.48. The van der Waals surface area contributed by atoms with Crippen LogP contribution in [0.15, 0.2) is 36.7 Å². The van der Waals surface area contributed by atoms with Crippen LogP contribution in [0.3, 0.4) is 0 Å². The first-order valence-electron chi connectivity index (χ1n) is 6.49. The molecule has 1 heterocycles. The third kappa shape index (κ3) is 3.90. The summed E-state index contributed by atoms with van der Waals surface area (Å²) in [6.45, 7) is 8.64. The Balaban J connectivity index is 2.29. The van der Waals surface area contributed by atoms with Crippen molar-refractivity contribution in [2.75, 3.05) is 0 Å². The van der Waals surface area contributed by atoms with Crippen molar-refractivity contribution in [1.29, 1.82) is 0 Å². The summed E-state index contributed by atoms with van der Waals surface area (Å²) in [7, 11) is 0. The first kappa shape index (κ1) is 16.1. The molecular formula is C16H18I2N2. The van der Waals surface area contributed by atoms with Crippen molar-refractivity contribution in [1.82, 2.24) is 9.97 Å². The molecule has 0 atom stereocenters. The lowest BCUT2D eigenvalue weighted by Crippen LogP contribution is -2.11. The molecule has 0 spiro atoms. The maximum atomic E-state index is 4.48. The molecule has 0 aliphatic heterocycles. The Morgan fingerprint density at radius 3 is 1.65 bits per heavy atom. The fraction of sp³-hybridized carbons (Fsp3) is 0.375. The molecule has 0 N–H and O–H groups in total. The number of rotatable bonds is 3. The maximum Gasteiger partial charge on any atom is 0.143 e. The molecule has 0 saturated carbocycles. The minimum Gasteiger partial charge on any atom is -0.239 e. The Morgan fingerprint density at radius 1 is 0.750 bits per heavy atom. The van der Waals surface area contributed by atoms with E-state index in [-0.39, 0.29) is 6.84 Å². The van der Waals surface area contributed by atoms with Crippen LogP contribution in [-0.2, 0) is 6.84 Å². The molecule has 0 aliphatic carbocycles. The summed E-state index contributed by atoms with van der Waals surface area (Å²) < 4.78 is 0.118. The summed E-state index contributed by atoms with van der Waals surface area (Å²) in [4.78, 5) is 8.95. The Hall–Kier alpha value is -0.240. The molecular weight excluding hydrogens is 474 g/mol. The van der Waals surface area contributed by atoms with Crippen LogP contribution in [0.1, 0.15) is 39.1 Å². The molecule has 2 nitrogen and oxygen atoms in total. The van der Waals surface area contributed by atoms with Crippen LogP contribution < -0.4 is 0 Å². The zero-order valence-electron chi connectivity index (χ0n) is 12.1. The molecule has 20 heavy (non-hydrogen) atoms. The van der Waals surface area contributed by atoms with Crippen LogP contribution in [0, 0.1) is 0 Å². The summed E-state index contributed by atoms with van der Waals surface area (Å²) >= 11 is 4.81. The predicted octanol–water partition coefficient (Wildman–Crippen LogP) is 5.48. The average molecular weight is 492 g/mol. The Morgan fingerprint density at radius 2 is 1.25 bits per heavy atom. The molecule has 106 valence electrons. The van der Waals surface area contributed by atoms with E-state index in [1.807, 2.05) is 12.4 Å². The van der Waals surface area contributed by atoms with E-state index in [2.05, 4.69) is 107 Å². The van der Waals surface area contributed by atoms with Crippen LogP contribution in [0.4, 0.5) is 0 Å². The van der Waals surface area contributed by atoms with Crippen LogP contribution in [0.2, 0.25) is 0 Å². The smallest absolute Gasteiger partial charge is 0.143 e. The molecule has 0 radical (unpaired) electrons. The third-order valence-electron chi connectivity index (χ3n) is 3.09. The lowest BCUT2D eigenvalue weighted by atomic mass is 10.00. The van der Waals surface area contributed by atoms with Gasteiger partial charge in [-0.05, 0) is 38.8 Å². The van der Waals surface area contributed by atoms with E-state index in [0.29, 0.717) is 0 Å². The monoisotopic (exact) mass is 492 g/mol. The minimum absolute atomic E-state index is 0.0363. The predicted molar refractivity (Wildman–Crippen MR) is 102 cm³/mol. The van der Waals surface area contributed by atoms with Gasteiger partial charge >= 0.3 is 0 Å². The summed E-state index contributed by atoms with van der Waals surface area (Å²) in [5, 5.41) is 0. The number of hydrogen-bond donors (Lipinski definition) is 0. The van der Waals surface area contributed by atoms with Crippen LogP contribution in [0.5, 0.6) is 0 Å². The average Bonchev–Trinajstić information content (AvgIpc) is 2.37. The molecule has 1 aromatic carbocycles. The molecule has 0 bridgehead atoms. The number of nitrogens with zero attached hydrogens (tertiary/aromatic N) is 2. The van der Waals surface area contributed by atoms with E-state index in [4.69, 9.17) is 0 Å². The molecule has 0 fully saturated rings. The van der Waals surface area contributed by atoms with Crippen LogP contribution in [-0.4, -0.2) is 9.97 Å². The molecule has 1 aromatic heterocycles. The van der Waals surface area contributed by atoms with Gasteiger partial charge in [-0.2, -0.15) is 0 Å². The van der Waals surface area contributed by atoms with E-state index in [1.165, 1.54) is 5.56 Å². The van der Waals surface area contributed by atoms with Crippen molar-refractivity contribution in [3.05, 3.63) is 48.0 Å². The Kier molecular flexibility index (Phi) is 4.73. The summed E-state index contributed by atoms with van der Waals surface area (Å²) in [5.74, 6) is 0.867. The fourth-order valence-electron chi connectivity index (χ4n) is 1.84. The molecule has 0 saturated heterocycles. The van der Waals surface area contributed by atoms with E-state index < -0.39 is 0 Å². The van der Waals surface area contributed by atoms with Crippen molar-refractivity contribution >= 4 is 45.2 Å². The number of benzene rings is 1. The van der Waals surface area contributed by atoms with Gasteiger partial charge in [-0.1, -0.05) is 69.4 Å². The second-order valence-electron chi connectivity index (χ2n) is 5.82. The molecule has 0 aliphatic rings. The SMILES string of the molecule is CC(C)(I)c1ccc(-c2cnc(C(C)(C)I)nc2)cc1. The van der Waals surface area contributed by atoms with E-state index in [1.54, 1.807) is 0 Å². The van der Waals surface area contributed by atoms with Gasteiger partial charge in [-0.15, -0.1) is 0 Å². The third-order valence-corrected chi connectivity index (χ3v) is 4.19. The Bertz CT molecular complexity index is 520. The van der Waals surface area contributed by atoms with Gasteiger partial charge in [0.25, 0.3) is 0 Å². The van der Waals surface area contributed by atoms with Crippen molar-refractivity contribution in [3.8, 4) is 11.1 Å². The highest BCUT2D eigenvalue weighted by Gasteiger charge is 2.19. The molecule has 2 rings (SSSR count). The summed E-state index contributed by atoms with van der Waals surface area (Å²) in [6, 6.07) is 8.64. The number of alkyl halides is 2. The molecule has 0 unspecified atom stereocenters. The van der Waals surface area contributed by atoms with Gasteiger partial charge in [0.15, 0.2) is 0 Å². The number of halogens is 2. The topological polar surface area (TPSA) is 25.8 Å². The summed E-state index contributed by atoms with van der Waals surface area (Å²) in [6.07, 6.45) is 3.82. The first-order valence-corrected chi connectivity index (χ1v) is 8.65. The van der Waals surface area contributed by atoms with E-state index in [0.717, 1.165) is 17.0 Å². The van der Waals surface area contributed by atoms with Gasteiger partial charge in [0, 0.05) is 21.4 Å². The van der Waals surface area contributed by atoms with Gasteiger partial charge in [0.1, 0.15) is 5.82 Å². The summed E-state index contributed by atoms with van der Waals surface area (Å²) in [5.41, 5.74) is 3.55. The highest BCUT2D eigenvalue weighted by Crippen LogP contribution is 2.32. The lowest BCUT2D eigenvalue weighted by molar-refractivity contribution is 0.743. The molecule has 4 heteroatoms. The highest BCUT2D eigenvalue weighted by atomic mass is 127. The van der Waals surface area contributed by atoms with Crippen molar-refractivity contribution in [2.24, 2.45) is 0 Å². The largest absolute Gasteiger partial charge is 0.239 e. The van der Waals surface area contributed by atoms with Gasteiger partial charge < -0.3 is 0 Å². The van der Waals surface area contributed by atoms with E-state index in [9.17, 15) is 0 Å². The molecule has 2 aromatic rings. The lowest BCUT2D eigenvalue weighted by Gasteiger charge is -2.17. The standard InChI is InChI=1S/C16H18I2N2/c1-15(2,17)13-7-5-11(6-8-13)12-9-19-14(20-10-12)16(3,4)18/h5-10H,1-4H3. The number of hydrogen-bond acceptors (Lipinski definition) is 2. The van der Waals surface area contributed by atoms with Crippen molar-refractivity contribution in [3.63, 3.8) is 0 Å². The zero-order chi connectivity index (χ0) is 15.0. The second kappa shape index (κ2) is 5.87. The quantitative estimate of drug-likeness (QED) is 0.419.